The molecule has 1 aromatic carbocycles. The number of hydrogen-bond acceptors (Lipinski definition) is 4. The Bertz CT molecular complexity index is 804. The van der Waals surface area contributed by atoms with Gasteiger partial charge in [0.25, 0.3) is 5.91 Å². The Balaban J connectivity index is 1.42. The predicted octanol–water partition coefficient (Wildman–Crippen LogP) is 4.43. The van der Waals surface area contributed by atoms with Crippen molar-refractivity contribution in [1.29, 1.82) is 0 Å². The van der Waals surface area contributed by atoms with Crippen LogP contribution in [0.4, 0.5) is 0 Å². The zero-order valence-corrected chi connectivity index (χ0v) is 16.2. The molecule has 0 spiro atoms. The lowest BCUT2D eigenvalue weighted by Gasteiger charge is -2.29. The van der Waals surface area contributed by atoms with Crippen molar-refractivity contribution in [2.24, 2.45) is 5.92 Å². The van der Waals surface area contributed by atoms with E-state index in [0.29, 0.717) is 24.5 Å². The van der Waals surface area contributed by atoms with Crippen molar-refractivity contribution >= 4 is 11.7 Å². The number of carbonyl (C=O) groups excluding carboxylic acids is 2. The van der Waals surface area contributed by atoms with E-state index in [1.165, 1.54) is 6.42 Å². The summed E-state index contributed by atoms with van der Waals surface area (Å²) in [5.41, 5.74) is 1.44. The number of ketones is 1. The van der Waals surface area contributed by atoms with Crippen molar-refractivity contribution < 1.29 is 14.1 Å². The van der Waals surface area contributed by atoms with Crippen LogP contribution in [0.3, 0.4) is 0 Å². The minimum Gasteiger partial charge on any atom is -0.360 e. The molecule has 0 bridgehead atoms. The van der Waals surface area contributed by atoms with Gasteiger partial charge in [-0.15, -0.1) is 0 Å². The van der Waals surface area contributed by atoms with E-state index in [9.17, 15) is 9.59 Å². The van der Waals surface area contributed by atoms with Crippen molar-refractivity contribution in [3.05, 3.63) is 53.4 Å². The highest BCUT2D eigenvalue weighted by atomic mass is 16.5. The molecule has 1 amide bonds. The molecule has 1 N–H and O–H groups in total. The van der Waals surface area contributed by atoms with E-state index >= 15 is 0 Å². The minimum absolute atomic E-state index is 0.120. The van der Waals surface area contributed by atoms with Gasteiger partial charge in [0.1, 0.15) is 5.76 Å². The smallest absolute Gasteiger partial charge is 0.274 e. The lowest BCUT2D eigenvalue weighted by atomic mass is 9.81. The summed E-state index contributed by atoms with van der Waals surface area (Å²) >= 11 is 0. The highest BCUT2D eigenvalue weighted by molar-refractivity contribution is 5.96. The molecule has 1 heterocycles. The number of rotatable bonds is 8. The van der Waals surface area contributed by atoms with E-state index in [0.717, 1.165) is 49.8 Å². The van der Waals surface area contributed by atoms with Crippen molar-refractivity contribution in [2.75, 3.05) is 0 Å². The zero-order chi connectivity index (χ0) is 19.3. The number of nitrogens with one attached hydrogen (secondary N) is 1. The van der Waals surface area contributed by atoms with E-state index in [2.05, 4.69) is 10.5 Å². The van der Waals surface area contributed by atoms with Gasteiger partial charge in [-0.2, -0.15) is 0 Å². The molecule has 0 saturated heterocycles. The van der Waals surface area contributed by atoms with Crippen LogP contribution in [0.1, 0.15) is 79.1 Å². The molecule has 1 aromatic heterocycles. The molecule has 0 aliphatic heterocycles. The first-order valence-electron chi connectivity index (χ1n) is 10.5. The van der Waals surface area contributed by atoms with Gasteiger partial charge >= 0.3 is 0 Å². The van der Waals surface area contributed by atoms with Crippen molar-refractivity contribution in [2.45, 2.75) is 69.7 Å². The Morgan fingerprint density at radius 3 is 2.54 bits per heavy atom. The summed E-state index contributed by atoms with van der Waals surface area (Å²) in [6, 6.07) is 11.3. The number of benzene rings is 1. The fourth-order valence-electron chi connectivity index (χ4n) is 4.17. The van der Waals surface area contributed by atoms with Crippen LogP contribution in [0.5, 0.6) is 0 Å². The molecule has 28 heavy (non-hydrogen) atoms. The number of hydrogen-bond donors (Lipinski definition) is 1. The van der Waals surface area contributed by atoms with Gasteiger partial charge in [-0.25, -0.2) is 0 Å². The monoisotopic (exact) mass is 380 g/mol. The first-order chi connectivity index (χ1) is 13.7. The third-order valence-corrected chi connectivity index (χ3v) is 6.00. The van der Waals surface area contributed by atoms with Crippen molar-refractivity contribution in [1.82, 2.24) is 10.5 Å². The van der Waals surface area contributed by atoms with Crippen LogP contribution in [-0.4, -0.2) is 22.9 Å². The molecule has 148 valence electrons. The lowest BCUT2D eigenvalue weighted by Crippen LogP contribution is -2.46. The maximum Gasteiger partial charge on any atom is 0.274 e. The first-order valence-corrected chi connectivity index (χ1v) is 10.5. The fraction of sp³-hybridized carbons (Fsp3) is 0.522. The van der Waals surface area contributed by atoms with Gasteiger partial charge < -0.3 is 9.84 Å². The molecule has 2 aliphatic rings. The number of aromatic nitrogens is 1. The molecule has 0 radical (unpaired) electrons. The first kappa shape index (κ1) is 18.9. The number of Topliss-reactive ketones (excluding diaryl/α,β-unsaturated/α-hetero) is 1. The Morgan fingerprint density at radius 2 is 1.82 bits per heavy atom. The summed E-state index contributed by atoms with van der Waals surface area (Å²) in [5, 5.41) is 6.93. The standard InChI is InChI=1S/C23H28N2O3/c26-20(14-11-16-7-3-1-4-8-16)22(18-9-5-2-6-10-18)24-23(27)19-15-21(28-25-19)17-12-13-17/h1,3-4,7-8,15,17-18,22H,2,5-6,9-14H2,(H,24,27). The molecular weight excluding hydrogens is 352 g/mol. The van der Waals surface area contributed by atoms with Gasteiger partial charge in [0.15, 0.2) is 11.5 Å². The Hall–Kier alpha value is -2.43. The molecular formula is C23H28N2O3. The van der Waals surface area contributed by atoms with Gasteiger partial charge in [-0.1, -0.05) is 54.8 Å². The van der Waals surface area contributed by atoms with Gasteiger partial charge in [0.2, 0.25) is 0 Å². The van der Waals surface area contributed by atoms with E-state index in [4.69, 9.17) is 4.52 Å². The third kappa shape index (κ3) is 4.70. The Morgan fingerprint density at radius 1 is 1.07 bits per heavy atom. The third-order valence-electron chi connectivity index (χ3n) is 6.00. The average molecular weight is 380 g/mol. The van der Waals surface area contributed by atoms with E-state index in [1.54, 1.807) is 6.07 Å². The number of aryl methyl sites for hydroxylation is 1. The molecule has 2 fully saturated rings. The van der Waals surface area contributed by atoms with Crippen molar-refractivity contribution in [3.8, 4) is 0 Å². The van der Waals surface area contributed by atoms with Crippen molar-refractivity contribution in [3.63, 3.8) is 0 Å². The summed E-state index contributed by atoms with van der Waals surface area (Å²) in [6.45, 7) is 0. The molecule has 1 unspecified atom stereocenters. The summed E-state index contributed by atoms with van der Waals surface area (Å²) < 4.78 is 5.31. The average Bonchev–Trinajstić information content (AvgIpc) is 3.48. The largest absolute Gasteiger partial charge is 0.360 e. The summed E-state index contributed by atoms with van der Waals surface area (Å²) in [6.07, 6.45) is 8.79. The maximum atomic E-state index is 13.0. The minimum atomic E-state index is -0.433. The van der Waals surface area contributed by atoms with Crippen LogP contribution in [-0.2, 0) is 11.2 Å². The Labute approximate surface area is 165 Å². The normalized spacial score (nSPS) is 18.6. The second kappa shape index (κ2) is 8.72. The molecule has 5 nitrogen and oxygen atoms in total. The van der Waals surface area contributed by atoms with Crippen LogP contribution >= 0.6 is 0 Å². The summed E-state index contributed by atoms with van der Waals surface area (Å²) in [7, 11) is 0. The van der Waals surface area contributed by atoms with Crippen LogP contribution in [0.2, 0.25) is 0 Å². The molecule has 4 rings (SSSR count). The van der Waals surface area contributed by atoms with Gasteiger partial charge in [-0.3, -0.25) is 9.59 Å². The van der Waals surface area contributed by atoms with Gasteiger partial charge in [-0.05, 0) is 43.6 Å². The van der Waals surface area contributed by atoms with Gasteiger partial charge in [0, 0.05) is 18.4 Å². The highest BCUT2D eigenvalue weighted by Crippen LogP contribution is 2.40. The fourth-order valence-corrected chi connectivity index (χ4v) is 4.17. The van der Waals surface area contributed by atoms with E-state index in [-0.39, 0.29) is 17.6 Å². The van der Waals surface area contributed by atoms with Crippen LogP contribution in [0.25, 0.3) is 0 Å². The maximum absolute atomic E-state index is 13.0. The highest BCUT2D eigenvalue weighted by Gasteiger charge is 2.33. The lowest BCUT2D eigenvalue weighted by molar-refractivity contribution is -0.122. The van der Waals surface area contributed by atoms with Crippen LogP contribution in [0, 0.1) is 5.92 Å². The molecule has 5 heteroatoms. The Kier molecular flexibility index (Phi) is 5.89. The number of carbonyl (C=O) groups is 2. The molecule has 2 aromatic rings. The zero-order valence-electron chi connectivity index (χ0n) is 16.2. The van der Waals surface area contributed by atoms with E-state index in [1.807, 2.05) is 30.3 Å². The molecule has 1 atom stereocenters. The van der Waals surface area contributed by atoms with Crippen LogP contribution < -0.4 is 5.32 Å². The summed E-state index contributed by atoms with van der Waals surface area (Å²) in [4.78, 5) is 25.8. The van der Waals surface area contributed by atoms with Gasteiger partial charge in [0.05, 0.1) is 6.04 Å². The SMILES string of the molecule is O=C(NC(C(=O)CCc1ccccc1)C1CCCCC1)c1cc(C2CC2)on1. The molecule has 2 saturated carbocycles. The quantitative estimate of drug-likeness (QED) is 0.735. The second-order valence-corrected chi connectivity index (χ2v) is 8.19. The topological polar surface area (TPSA) is 72.2 Å². The van der Waals surface area contributed by atoms with Crippen LogP contribution in [0.15, 0.2) is 40.9 Å². The van der Waals surface area contributed by atoms with E-state index < -0.39 is 6.04 Å². The number of nitrogens with zero attached hydrogens (tertiary/aromatic N) is 1. The number of amides is 1. The molecule has 2 aliphatic carbocycles. The summed E-state index contributed by atoms with van der Waals surface area (Å²) in [5.74, 6) is 1.25. The predicted molar refractivity (Wildman–Crippen MR) is 106 cm³/mol. The second-order valence-electron chi connectivity index (χ2n) is 8.19.